The summed E-state index contributed by atoms with van der Waals surface area (Å²) in [5.74, 6) is 0. The van der Waals surface area contributed by atoms with Crippen LogP contribution in [0.15, 0.2) is 389 Å². The van der Waals surface area contributed by atoms with Crippen LogP contribution in [0.4, 0.5) is 34.1 Å². The molecule has 3 aromatic heterocycles. The number of anilines is 6. The molecule has 0 aliphatic heterocycles. The van der Waals surface area contributed by atoms with Gasteiger partial charge in [-0.05, 0) is 168 Å². The fourth-order valence-corrected chi connectivity index (χ4v) is 14.5. The van der Waals surface area contributed by atoms with Crippen LogP contribution in [0.3, 0.4) is 0 Å². The molecule has 3 N–H and O–H groups in total. The molecule has 6 heteroatoms. The van der Waals surface area contributed by atoms with Gasteiger partial charge < -0.3 is 29.2 Å². The smallest absolute Gasteiger partial charge is 0.145 e. The quantitative estimate of drug-likeness (QED) is 0.112. The number of benzene rings is 17. The number of hydrogen-bond acceptors (Lipinski definition) is 6. The van der Waals surface area contributed by atoms with Crippen molar-refractivity contribution in [3.05, 3.63) is 376 Å². The molecule has 0 atom stereocenters. The highest BCUT2D eigenvalue weighted by Crippen LogP contribution is 2.46. The summed E-state index contributed by atoms with van der Waals surface area (Å²) in [5, 5.41) is 25.1. The van der Waals surface area contributed by atoms with Crippen LogP contribution < -0.4 is 16.0 Å². The van der Waals surface area contributed by atoms with Gasteiger partial charge in [-0.15, -0.1) is 0 Å². The van der Waals surface area contributed by atoms with Crippen molar-refractivity contribution in [3.63, 3.8) is 0 Å². The van der Waals surface area contributed by atoms with Crippen molar-refractivity contribution in [1.29, 1.82) is 0 Å². The first kappa shape index (κ1) is 60.7. The molecule has 0 spiro atoms. The maximum atomic E-state index is 6.57. The maximum Gasteiger partial charge on any atom is 0.145 e. The summed E-state index contributed by atoms with van der Waals surface area (Å²) in [7, 11) is 0. The second-order valence-electron chi connectivity index (χ2n) is 25.6. The van der Waals surface area contributed by atoms with Gasteiger partial charge in [0.15, 0.2) is 0 Å². The molecule has 17 aromatic carbocycles. The molecule has 0 unspecified atom stereocenters. The maximum absolute atomic E-state index is 6.57. The fraction of sp³-hybridized carbons (Fsp3) is 0. The Morgan fingerprint density at radius 3 is 0.990 bits per heavy atom. The van der Waals surface area contributed by atoms with E-state index in [2.05, 4.69) is 319 Å². The van der Waals surface area contributed by atoms with Gasteiger partial charge >= 0.3 is 0 Å². The summed E-state index contributed by atoms with van der Waals surface area (Å²) in [6.45, 7) is 0. The minimum Gasteiger partial charge on any atom is -0.455 e. The third-order valence-electron chi connectivity index (χ3n) is 19.4. The summed E-state index contributed by atoms with van der Waals surface area (Å²) in [4.78, 5) is 0. The van der Waals surface area contributed by atoms with Crippen molar-refractivity contribution in [2.24, 2.45) is 0 Å². The first-order valence-electron chi connectivity index (χ1n) is 34.5. The number of rotatable bonds is 11. The van der Waals surface area contributed by atoms with E-state index in [-0.39, 0.29) is 0 Å². The normalized spacial score (nSPS) is 11.3. The van der Waals surface area contributed by atoms with Crippen molar-refractivity contribution in [3.8, 4) is 55.6 Å². The Balaban J connectivity index is 0.000000114. The molecule has 0 bridgehead atoms. The molecule has 20 rings (SSSR count). The molecule has 3 heterocycles. The molecule has 482 valence electrons. The first-order chi connectivity index (χ1) is 50.6. The number of fused-ring (bicyclic) bond motifs is 13. The highest BCUT2D eigenvalue weighted by molar-refractivity contribution is 6.19. The van der Waals surface area contributed by atoms with E-state index in [0.29, 0.717) is 0 Å². The van der Waals surface area contributed by atoms with Crippen LogP contribution >= 0.6 is 0 Å². The molecule has 0 fully saturated rings. The predicted molar refractivity (Wildman–Crippen MR) is 430 cm³/mol. The van der Waals surface area contributed by atoms with Gasteiger partial charge in [0.1, 0.15) is 33.5 Å². The van der Waals surface area contributed by atoms with Crippen LogP contribution in [0.1, 0.15) is 0 Å². The first-order valence-corrected chi connectivity index (χ1v) is 34.5. The molecule has 0 radical (unpaired) electrons. The lowest BCUT2D eigenvalue weighted by molar-refractivity contribution is 0.669. The number of furan rings is 3. The van der Waals surface area contributed by atoms with Gasteiger partial charge in [0, 0.05) is 49.9 Å². The lowest BCUT2D eigenvalue weighted by Gasteiger charge is -2.13. The molecule has 0 amide bonds. The Morgan fingerprint density at radius 1 is 0.176 bits per heavy atom. The number of nitrogens with one attached hydrogen (secondary N) is 3. The SMILES string of the molecule is c1ccc(-c2ccc(Nc3ccc(-c4ccccc4)c4oc5ccccc5c34)cc2)cc1.c1ccc(Nc2ccc(-c3ccccc3)c3oc4ccccc4c23)cc1.c1ccc2c(-c3ccc(Nc4ccc(-c5ccc6ccc7ccccc7c6c5)cc4)c4c3oc3ccccc34)cccc2c1. The van der Waals surface area contributed by atoms with E-state index >= 15 is 0 Å². The fourth-order valence-electron chi connectivity index (χ4n) is 14.5. The van der Waals surface area contributed by atoms with Crippen molar-refractivity contribution in [1.82, 2.24) is 0 Å². The molecule has 0 aliphatic rings. The van der Waals surface area contributed by atoms with Crippen molar-refractivity contribution >= 4 is 132 Å². The minimum atomic E-state index is 0.886. The molecule has 0 aliphatic carbocycles. The van der Waals surface area contributed by atoms with Crippen LogP contribution in [-0.2, 0) is 0 Å². The minimum absolute atomic E-state index is 0.886. The van der Waals surface area contributed by atoms with Crippen LogP contribution in [0.5, 0.6) is 0 Å². The van der Waals surface area contributed by atoms with E-state index in [4.69, 9.17) is 13.3 Å². The largest absolute Gasteiger partial charge is 0.455 e. The van der Waals surface area contributed by atoms with Gasteiger partial charge in [-0.3, -0.25) is 0 Å². The predicted octanol–water partition coefficient (Wildman–Crippen LogP) is 27.8. The Kier molecular flexibility index (Phi) is 15.8. The zero-order valence-corrected chi connectivity index (χ0v) is 55.5. The van der Waals surface area contributed by atoms with Gasteiger partial charge in [-0.2, -0.15) is 0 Å². The van der Waals surface area contributed by atoms with E-state index in [9.17, 15) is 0 Å². The Bertz CT molecular complexity index is 6440. The average molecular weight is 1310 g/mol. The lowest BCUT2D eigenvalue weighted by atomic mass is 9.96. The number of para-hydroxylation sites is 4. The van der Waals surface area contributed by atoms with Gasteiger partial charge in [-0.25, -0.2) is 0 Å². The Labute approximate surface area is 589 Å². The van der Waals surface area contributed by atoms with Crippen LogP contribution in [-0.4, -0.2) is 0 Å². The van der Waals surface area contributed by atoms with Gasteiger partial charge in [-0.1, -0.05) is 279 Å². The van der Waals surface area contributed by atoms with Crippen LogP contribution in [0, 0.1) is 0 Å². The Morgan fingerprint density at radius 2 is 0.500 bits per heavy atom. The lowest BCUT2D eigenvalue weighted by Crippen LogP contribution is -1.92. The van der Waals surface area contributed by atoms with E-state index in [0.717, 1.165) is 128 Å². The highest BCUT2D eigenvalue weighted by Gasteiger charge is 2.21. The summed E-state index contributed by atoms with van der Waals surface area (Å²) in [6, 6.07) is 131. The zero-order valence-electron chi connectivity index (χ0n) is 55.5. The van der Waals surface area contributed by atoms with Crippen molar-refractivity contribution in [2.45, 2.75) is 0 Å². The molecule has 20 aromatic rings. The molecule has 0 saturated heterocycles. The summed E-state index contributed by atoms with van der Waals surface area (Å²) in [6.07, 6.45) is 0. The van der Waals surface area contributed by atoms with E-state index in [1.54, 1.807) is 0 Å². The molecule has 102 heavy (non-hydrogen) atoms. The zero-order chi connectivity index (χ0) is 67.7. The van der Waals surface area contributed by atoms with E-state index in [1.165, 1.54) is 60.1 Å². The Hall–Kier alpha value is -13.7. The third-order valence-corrected chi connectivity index (χ3v) is 19.4. The second kappa shape index (κ2) is 26.6. The van der Waals surface area contributed by atoms with Crippen molar-refractivity contribution < 1.29 is 13.3 Å². The van der Waals surface area contributed by atoms with E-state index in [1.807, 2.05) is 72.8 Å². The van der Waals surface area contributed by atoms with Crippen LogP contribution in [0.2, 0.25) is 0 Å². The molecule has 6 nitrogen and oxygen atoms in total. The number of hydrogen-bond donors (Lipinski definition) is 3. The average Bonchev–Trinajstić information content (AvgIpc) is 1.57. The van der Waals surface area contributed by atoms with Crippen LogP contribution in [0.25, 0.3) is 154 Å². The highest BCUT2D eigenvalue weighted by atomic mass is 16.3. The van der Waals surface area contributed by atoms with Gasteiger partial charge in [0.2, 0.25) is 0 Å². The molecule has 0 saturated carbocycles. The molecular weight excluding hydrogens is 1240 g/mol. The standard InChI is InChI=1S/C42H27NO.C30H21NO.C24H17NO/c1-3-11-33-28(8-1)10-7-14-35(33)36-24-25-39(41-37-13-5-6-15-40(37)44-42(36)41)43-32-22-20-27(21-23-32)31-19-18-30-17-16-29-9-2-4-12-34(29)38(30)26-31;1-3-9-21(10-4-1)22-15-17-24(18-16-22)31-27-20-19-25(23-11-5-2-6-12-23)30-29(27)26-13-7-8-14-28(26)32-30;1-3-9-17(10-4-1)19-15-16-21(25-18-11-5-2-6-12-18)23-20-13-7-8-14-22(20)26-24(19)23/h1-26,43H;1-20,31H;1-16,25H. The van der Waals surface area contributed by atoms with E-state index < -0.39 is 0 Å². The third kappa shape index (κ3) is 11.6. The monoisotopic (exact) mass is 1310 g/mol. The topological polar surface area (TPSA) is 75.5 Å². The van der Waals surface area contributed by atoms with Gasteiger partial charge in [0.25, 0.3) is 0 Å². The summed E-state index contributed by atoms with van der Waals surface area (Å²) < 4.78 is 19.2. The van der Waals surface area contributed by atoms with Gasteiger partial charge in [0.05, 0.1) is 33.2 Å². The summed E-state index contributed by atoms with van der Waals surface area (Å²) >= 11 is 0. The summed E-state index contributed by atoms with van der Waals surface area (Å²) in [5.41, 5.74) is 23.3. The second-order valence-corrected chi connectivity index (χ2v) is 25.6. The molecular formula is C96H65N3O3. The van der Waals surface area contributed by atoms with Crippen molar-refractivity contribution in [2.75, 3.05) is 16.0 Å².